The molecule has 0 unspecified atom stereocenters. The predicted octanol–water partition coefficient (Wildman–Crippen LogP) is 2.52. The smallest absolute Gasteiger partial charge is 0.242 e. The molecule has 2 heterocycles. The molecule has 10 heteroatoms. The van der Waals surface area contributed by atoms with Crippen molar-refractivity contribution in [3.63, 3.8) is 0 Å². The minimum absolute atomic E-state index is 0.0628. The summed E-state index contributed by atoms with van der Waals surface area (Å²) in [5.74, 6) is 1.19. The third-order valence-corrected chi connectivity index (χ3v) is 6.34. The number of rotatable bonds is 7. The van der Waals surface area contributed by atoms with Gasteiger partial charge in [-0.05, 0) is 61.4 Å². The fourth-order valence-corrected chi connectivity index (χ4v) is 4.45. The Labute approximate surface area is 180 Å². The van der Waals surface area contributed by atoms with Gasteiger partial charge in [-0.2, -0.15) is 4.98 Å². The van der Waals surface area contributed by atoms with Crippen LogP contribution >= 0.6 is 0 Å². The van der Waals surface area contributed by atoms with Crippen LogP contribution in [0.1, 0.15) is 25.3 Å². The number of ether oxygens (including phenoxy) is 1. The first-order valence-electron chi connectivity index (χ1n) is 9.84. The molecule has 0 radical (unpaired) electrons. The lowest BCUT2D eigenvalue weighted by Crippen LogP contribution is -2.26. The number of aromatic nitrogens is 2. The van der Waals surface area contributed by atoms with E-state index in [4.69, 9.17) is 9.26 Å². The highest BCUT2D eigenvalue weighted by Crippen LogP contribution is 2.30. The number of nitrogens with one attached hydrogen (secondary N) is 1. The van der Waals surface area contributed by atoms with Gasteiger partial charge < -0.3 is 14.2 Å². The normalized spacial score (nSPS) is 13.3. The quantitative estimate of drug-likeness (QED) is 0.598. The van der Waals surface area contributed by atoms with Crippen LogP contribution in [0, 0.1) is 0 Å². The van der Waals surface area contributed by atoms with Crippen molar-refractivity contribution in [3.8, 4) is 17.1 Å². The molecule has 1 aromatic heterocycles. The molecule has 0 saturated heterocycles. The zero-order valence-electron chi connectivity index (χ0n) is 17.2. The van der Waals surface area contributed by atoms with Crippen LogP contribution in [0.4, 0.5) is 5.69 Å². The molecular weight excluding hydrogens is 420 g/mol. The fourth-order valence-electron chi connectivity index (χ4n) is 3.42. The van der Waals surface area contributed by atoms with Gasteiger partial charge in [0.05, 0.1) is 18.0 Å². The molecule has 0 bridgehead atoms. The van der Waals surface area contributed by atoms with Gasteiger partial charge in [-0.25, -0.2) is 13.1 Å². The molecule has 0 aliphatic carbocycles. The number of carbonyl (C=O) groups excluding carboxylic acids is 1. The van der Waals surface area contributed by atoms with Gasteiger partial charge in [0.25, 0.3) is 0 Å². The molecule has 1 N–H and O–H groups in total. The third-order valence-electron chi connectivity index (χ3n) is 4.94. The van der Waals surface area contributed by atoms with Gasteiger partial charge in [0.1, 0.15) is 5.75 Å². The Morgan fingerprint density at radius 3 is 2.71 bits per heavy atom. The highest BCUT2D eigenvalue weighted by Gasteiger charge is 2.25. The highest BCUT2D eigenvalue weighted by atomic mass is 32.2. The molecule has 1 aliphatic rings. The van der Waals surface area contributed by atoms with Crippen molar-refractivity contribution >= 4 is 21.6 Å². The van der Waals surface area contributed by atoms with Crippen molar-refractivity contribution in [2.24, 2.45) is 0 Å². The fraction of sp³-hybridized carbons (Fsp3) is 0.286. The van der Waals surface area contributed by atoms with E-state index in [-0.39, 0.29) is 23.2 Å². The molecule has 9 nitrogen and oxygen atoms in total. The molecule has 3 aromatic rings. The lowest BCUT2D eigenvalue weighted by Gasteiger charge is -2.14. The maximum absolute atomic E-state index is 12.7. The van der Waals surface area contributed by atoms with Gasteiger partial charge in [-0.3, -0.25) is 4.79 Å². The van der Waals surface area contributed by atoms with Crippen LogP contribution in [0.15, 0.2) is 51.9 Å². The van der Waals surface area contributed by atoms with E-state index >= 15 is 0 Å². The average molecular weight is 442 g/mol. The van der Waals surface area contributed by atoms with Crippen molar-refractivity contribution in [2.75, 3.05) is 18.1 Å². The number of carbonyl (C=O) groups is 1. The molecule has 162 valence electrons. The van der Waals surface area contributed by atoms with Crippen LogP contribution in [0.3, 0.4) is 0 Å². The first kappa shape index (κ1) is 21.0. The SMILES string of the molecule is CCOc1ccc(-c2noc(CNS(=O)(=O)c3ccc4c(c3)CCN4C(C)=O)n2)cc1. The average Bonchev–Trinajstić information content (AvgIpc) is 3.40. The molecule has 4 rings (SSSR count). The first-order valence-corrected chi connectivity index (χ1v) is 11.3. The second-order valence-electron chi connectivity index (χ2n) is 7.00. The van der Waals surface area contributed by atoms with Crippen molar-refractivity contribution < 1.29 is 22.5 Å². The monoisotopic (exact) mass is 442 g/mol. The van der Waals surface area contributed by atoms with Crippen LogP contribution < -0.4 is 14.4 Å². The maximum atomic E-state index is 12.7. The van der Waals surface area contributed by atoms with Crippen LogP contribution in [-0.4, -0.2) is 37.6 Å². The Balaban J connectivity index is 1.44. The van der Waals surface area contributed by atoms with Gasteiger partial charge in [0.15, 0.2) is 0 Å². The van der Waals surface area contributed by atoms with E-state index in [1.807, 2.05) is 6.92 Å². The standard InChI is InChI=1S/C21H22N4O5S/c1-3-29-17-6-4-15(5-7-17)21-23-20(30-24-21)13-22-31(27,28)18-8-9-19-16(12-18)10-11-25(19)14(2)26/h4-9,12,22H,3,10-11,13H2,1-2H3. The van der Waals surface area contributed by atoms with Crippen LogP contribution in [0.25, 0.3) is 11.4 Å². The van der Waals surface area contributed by atoms with Crippen molar-refractivity contribution in [2.45, 2.75) is 31.7 Å². The zero-order valence-corrected chi connectivity index (χ0v) is 18.0. The molecule has 1 amide bonds. The second-order valence-corrected chi connectivity index (χ2v) is 8.77. The number of sulfonamides is 1. The Bertz CT molecular complexity index is 1200. The van der Waals surface area contributed by atoms with Crippen molar-refractivity contribution in [1.82, 2.24) is 14.9 Å². The number of anilines is 1. The number of amides is 1. The van der Waals surface area contributed by atoms with Gasteiger partial charge in [0, 0.05) is 24.7 Å². The van der Waals surface area contributed by atoms with Crippen LogP contribution in [-0.2, 0) is 27.8 Å². The topological polar surface area (TPSA) is 115 Å². The van der Waals surface area contributed by atoms with Gasteiger partial charge in [-0.1, -0.05) is 5.16 Å². The number of benzene rings is 2. The lowest BCUT2D eigenvalue weighted by atomic mass is 10.2. The van der Waals surface area contributed by atoms with Crippen LogP contribution in [0.2, 0.25) is 0 Å². The number of fused-ring (bicyclic) bond motifs is 1. The number of hydrogen-bond acceptors (Lipinski definition) is 7. The summed E-state index contributed by atoms with van der Waals surface area (Å²) >= 11 is 0. The summed E-state index contributed by atoms with van der Waals surface area (Å²) in [6, 6.07) is 12.0. The van der Waals surface area contributed by atoms with E-state index in [0.29, 0.717) is 25.4 Å². The lowest BCUT2D eigenvalue weighted by molar-refractivity contribution is -0.116. The van der Waals surface area contributed by atoms with Gasteiger partial charge >= 0.3 is 0 Å². The summed E-state index contributed by atoms with van der Waals surface area (Å²) in [5.41, 5.74) is 2.31. The molecular formula is C21H22N4O5S. The van der Waals surface area contributed by atoms with E-state index < -0.39 is 10.0 Å². The summed E-state index contributed by atoms with van der Waals surface area (Å²) in [6.07, 6.45) is 0.618. The van der Waals surface area contributed by atoms with Crippen molar-refractivity contribution in [1.29, 1.82) is 0 Å². The molecule has 0 saturated carbocycles. The van der Waals surface area contributed by atoms with E-state index in [1.54, 1.807) is 41.3 Å². The molecule has 1 aliphatic heterocycles. The highest BCUT2D eigenvalue weighted by molar-refractivity contribution is 7.89. The molecule has 2 aromatic carbocycles. The summed E-state index contributed by atoms with van der Waals surface area (Å²) in [5, 5.41) is 3.91. The third kappa shape index (κ3) is 4.44. The maximum Gasteiger partial charge on any atom is 0.242 e. The van der Waals surface area contributed by atoms with Crippen LogP contribution in [0.5, 0.6) is 5.75 Å². The summed E-state index contributed by atoms with van der Waals surface area (Å²) in [6.45, 7) is 4.39. The number of hydrogen-bond donors (Lipinski definition) is 1. The van der Waals surface area contributed by atoms with E-state index in [0.717, 1.165) is 22.6 Å². The molecule has 0 fully saturated rings. The van der Waals surface area contributed by atoms with E-state index in [2.05, 4.69) is 14.9 Å². The Hall–Kier alpha value is -3.24. The molecule has 0 spiro atoms. The zero-order chi connectivity index (χ0) is 22.0. The first-order chi connectivity index (χ1) is 14.9. The number of nitrogens with zero attached hydrogens (tertiary/aromatic N) is 3. The van der Waals surface area contributed by atoms with Gasteiger partial charge in [-0.15, -0.1) is 0 Å². The minimum Gasteiger partial charge on any atom is -0.494 e. The Morgan fingerprint density at radius 1 is 1.23 bits per heavy atom. The van der Waals surface area contributed by atoms with Crippen molar-refractivity contribution in [3.05, 3.63) is 53.9 Å². The minimum atomic E-state index is -3.78. The molecule has 0 atom stereocenters. The van der Waals surface area contributed by atoms with E-state index in [9.17, 15) is 13.2 Å². The largest absolute Gasteiger partial charge is 0.494 e. The summed E-state index contributed by atoms with van der Waals surface area (Å²) in [7, 11) is -3.78. The Kier molecular flexibility index (Phi) is 5.75. The van der Waals surface area contributed by atoms with E-state index in [1.165, 1.54) is 13.0 Å². The Morgan fingerprint density at radius 2 is 2.00 bits per heavy atom. The van der Waals surface area contributed by atoms with Gasteiger partial charge in [0.2, 0.25) is 27.6 Å². The predicted molar refractivity (Wildman–Crippen MR) is 113 cm³/mol. The molecule has 31 heavy (non-hydrogen) atoms. The summed E-state index contributed by atoms with van der Waals surface area (Å²) < 4.78 is 38.5. The second kappa shape index (κ2) is 8.48. The summed E-state index contributed by atoms with van der Waals surface area (Å²) in [4.78, 5) is 17.7.